The number of hydrogen-bond acceptors (Lipinski definition) is 0. The van der Waals surface area contributed by atoms with Gasteiger partial charge in [-0.15, -0.1) is 0 Å². The van der Waals surface area contributed by atoms with Crippen LogP contribution in [-0.4, -0.2) is 0 Å². The summed E-state index contributed by atoms with van der Waals surface area (Å²) in [5, 5.41) is 0. The van der Waals surface area contributed by atoms with Crippen molar-refractivity contribution in [1.29, 1.82) is 0 Å². The molecule has 1 aliphatic carbocycles. The van der Waals surface area contributed by atoms with Gasteiger partial charge in [-0.2, -0.15) is 0 Å². The fourth-order valence-electron chi connectivity index (χ4n) is 4.47. The first kappa shape index (κ1) is 20.6. The summed E-state index contributed by atoms with van der Waals surface area (Å²) in [6, 6.07) is 10.4. The second kappa shape index (κ2) is 10.4. The standard InChI is InChI=1S/C26H36/c1-6-22-18-20(5)24(17-13-16-21-14-11-10-12-15-21)19-23(7-2)26(9-4)25(22)8-3/h10-12,14-15,20,24H,6-9,17-19H2,1-5H3/b25-22-,26-23-/t20-,24-/m0/s1. The van der Waals surface area contributed by atoms with Crippen molar-refractivity contribution in [3.8, 4) is 11.8 Å². The van der Waals surface area contributed by atoms with Gasteiger partial charge >= 0.3 is 0 Å². The van der Waals surface area contributed by atoms with E-state index in [9.17, 15) is 0 Å². The van der Waals surface area contributed by atoms with E-state index in [1.807, 2.05) is 0 Å². The van der Waals surface area contributed by atoms with Crippen LogP contribution in [0.25, 0.3) is 0 Å². The molecule has 0 radical (unpaired) electrons. The van der Waals surface area contributed by atoms with Crippen LogP contribution in [0.4, 0.5) is 0 Å². The van der Waals surface area contributed by atoms with Crippen molar-refractivity contribution in [2.24, 2.45) is 11.8 Å². The van der Waals surface area contributed by atoms with E-state index in [0.717, 1.165) is 12.0 Å². The van der Waals surface area contributed by atoms with Crippen LogP contribution < -0.4 is 0 Å². The zero-order chi connectivity index (χ0) is 18.9. The molecule has 0 spiro atoms. The van der Waals surface area contributed by atoms with Gasteiger partial charge in [-0.05, 0) is 73.6 Å². The van der Waals surface area contributed by atoms with Gasteiger partial charge in [0.15, 0.2) is 0 Å². The molecule has 2 atom stereocenters. The van der Waals surface area contributed by atoms with Crippen LogP contribution in [-0.2, 0) is 0 Å². The lowest BCUT2D eigenvalue weighted by Gasteiger charge is -2.31. The molecule has 2 rings (SSSR count). The van der Waals surface area contributed by atoms with Crippen LogP contribution in [0.3, 0.4) is 0 Å². The summed E-state index contributed by atoms with van der Waals surface area (Å²) in [6.45, 7) is 11.8. The summed E-state index contributed by atoms with van der Waals surface area (Å²) in [5.41, 5.74) is 7.86. The van der Waals surface area contributed by atoms with Crippen LogP contribution >= 0.6 is 0 Å². The Kier molecular flexibility index (Phi) is 8.24. The van der Waals surface area contributed by atoms with Crippen molar-refractivity contribution < 1.29 is 0 Å². The Hall–Kier alpha value is -1.74. The lowest BCUT2D eigenvalue weighted by Crippen LogP contribution is -2.17. The van der Waals surface area contributed by atoms with E-state index in [2.05, 4.69) is 76.8 Å². The molecular formula is C26H36. The number of rotatable bonds is 5. The van der Waals surface area contributed by atoms with Gasteiger partial charge in [-0.3, -0.25) is 0 Å². The molecule has 0 nitrogen and oxygen atoms in total. The highest BCUT2D eigenvalue weighted by molar-refractivity contribution is 5.40. The molecule has 0 aliphatic heterocycles. The van der Waals surface area contributed by atoms with Crippen molar-refractivity contribution in [1.82, 2.24) is 0 Å². The average Bonchev–Trinajstić information content (AvgIpc) is 2.67. The van der Waals surface area contributed by atoms with Crippen molar-refractivity contribution in [3.05, 3.63) is 58.2 Å². The maximum absolute atomic E-state index is 3.50. The molecule has 26 heavy (non-hydrogen) atoms. The van der Waals surface area contributed by atoms with Gasteiger partial charge in [0.1, 0.15) is 0 Å². The van der Waals surface area contributed by atoms with Gasteiger partial charge < -0.3 is 0 Å². The Balaban J connectivity index is 2.29. The zero-order valence-corrected chi connectivity index (χ0v) is 17.5. The van der Waals surface area contributed by atoms with Crippen LogP contribution in [0.15, 0.2) is 52.6 Å². The molecule has 140 valence electrons. The van der Waals surface area contributed by atoms with E-state index in [0.29, 0.717) is 11.8 Å². The number of hydrogen-bond donors (Lipinski definition) is 0. The predicted octanol–water partition coefficient (Wildman–Crippen LogP) is 7.71. The van der Waals surface area contributed by atoms with Crippen LogP contribution in [0.5, 0.6) is 0 Å². The SMILES string of the molecule is CC/C1=C(CC)/C(CC)=C(/CC)C[C@H](C)[C@@H](CC#Cc2ccccc2)C1. The predicted molar refractivity (Wildman–Crippen MR) is 115 cm³/mol. The summed E-state index contributed by atoms with van der Waals surface area (Å²) in [5.74, 6) is 8.24. The Labute approximate surface area is 161 Å². The zero-order valence-electron chi connectivity index (χ0n) is 17.5. The quantitative estimate of drug-likeness (QED) is 0.478. The van der Waals surface area contributed by atoms with E-state index in [1.54, 1.807) is 22.3 Å². The van der Waals surface area contributed by atoms with E-state index >= 15 is 0 Å². The molecule has 0 amide bonds. The third-order valence-corrected chi connectivity index (χ3v) is 6.03. The fourth-order valence-corrected chi connectivity index (χ4v) is 4.47. The van der Waals surface area contributed by atoms with Gasteiger partial charge in [-0.1, -0.05) is 75.8 Å². The minimum Gasteiger partial charge on any atom is -0.0976 e. The molecule has 0 N–H and O–H groups in total. The molecule has 0 fully saturated rings. The first-order valence-corrected chi connectivity index (χ1v) is 10.6. The van der Waals surface area contributed by atoms with E-state index in [4.69, 9.17) is 0 Å². The largest absolute Gasteiger partial charge is 0.0976 e. The fraction of sp³-hybridized carbons (Fsp3) is 0.538. The molecule has 0 saturated heterocycles. The van der Waals surface area contributed by atoms with Crippen molar-refractivity contribution in [2.75, 3.05) is 0 Å². The van der Waals surface area contributed by atoms with Gasteiger partial charge in [0.2, 0.25) is 0 Å². The summed E-state index contributed by atoms with van der Waals surface area (Å²) < 4.78 is 0. The minimum absolute atomic E-state index is 0.669. The second-order valence-electron chi connectivity index (χ2n) is 7.60. The van der Waals surface area contributed by atoms with Crippen LogP contribution in [0, 0.1) is 23.7 Å². The topological polar surface area (TPSA) is 0 Å². The van der Waals surface area contributed by atoms with Gasteiger partial charge in [0.05, 0.1) is 0 Å². The Morgan fingerprint density at radius 3 is 1.92 bits per heavy atom. The van der Waals surface area contributed by atoms with E-state index in [-0.39, 0.29) is 0 Å². The highest BCUT2D eigenvalue weighted by Crippen LogP contribution is 2.39. The van der Waals surface area contributed by atoms with Crippen molar-refractivity contribution in [2.45, 2.75) is 79.6 Å². The Morgan fingerprint density at radius 2 is 1.38 bits per heavy atom. The number of allylic oxidation sites excluding steroid dienone is 4. The highest BCUT2D eigenvalue weighted by atomic mass is 14.3. The minimum atomic E-state index is 0.669. The molecule has 1 aliphatic rings. The molecule has 0 saturated carbocycles. The third-order valence-electron chi connectivity index (χ3n) is 6.03. The lowest BCUT2D eigenvalue weighted by molar-refractivity contribution is 0.349. The van der Waals surface area contributed by atoms with Crippen LogP contribution in [0.1, 0.15) is 85.1 Å². The van der Waals surface area contributed by atoms with Gasteiger partial charge in [-0.25, -0.2) is 0 Å². The van der Waals surface area contributed by atoms with Crippen LogP contribution in [0.2, 0.25) is 0 Å². The maximum atomic E-state index is 3.50. The molecule has 0 bridgehead atoms. The second-order valence-corrected chi connectivity index (χ2v) is 7.60. The van der Waals surface area contributed by atoms with E-state index < -0.39 is 0 Å². The molecule has 0 unspecified atom stereocenters. The average molecular weight is 349 g/mol. The third kappa shape index (κ3) is 5.14. The number of benzene rings is 1. The first-order valence-electron chi connectivity index (χ1n) is 10.6. The van der Waals surface area contributed by atoms with E-state index in [1.165, 1.54) is 38.5 Å². The van der Waals surface area contributed by atoms with Gasteiger partial charge in [0, 0.05) is 12.0 Å². The smallest absolute Gasteiger partial charge is 0.0245 e. The summed E-state index contributed by atoms with van der Waals surface area (Å²) in [6.07, 6.45) is 8.21. The molecule has 0 aromatic heterocycles. The van der Waals surface area contributed by atoms with Gasteiger partial charge in [0.25, 0.3) is 0 Å². The summed E-state index contributed by atoms with van der Waals surface area (Å²) in [4.78, 5) is 0. The monoisotopic (exact) mass is 348 g/mol. The summed E-state index contributed by atoms with van der Waals surface area (Å²) in [7, 11) is 0. The molecule has 1 aromatic rings. The summed E-state index contributed by atoms with van der Waals surface area (Å²) >= 11 is 0. The maximum Gasteiger partial charge on any atom is 0.0245 e. The molecule has 0 heteroatoms. The van der Waals surface area contributed by atoms with Crippen molar-refractivity contribution in [3.63, 3.8) is 0 Å². The van der Waals surface area contributed by atoms with Crippen molar-refractivity contribution >= 4 is 0 Å². The Morgan fingerprint density at radius 1 is 0.808 bits per heavy atom. The Bertz CT molecular complexity index is 691. The lowest BCUT2D eigenvalue weighted by atomic mass is 9.74. The highest BCUT2D eigenvalue weighted by Gasteiger charge is 2.24. The normalized spacial score (nSPS) is 26.7. The first-order chi connectivity index (χ1) is 12.6. The molecular weight excluding hydrogens is 312 g/mol. The molecule has 1 aromatic carbocycles. The molecule has 0 heterocycles.